The van der Waals surface area contributed by atoms with Gasteiger partial charge in [0.2, 0.25) is 0 Å². The maximum atomic E-state index is 13.4. The lowest BCUT2D eigenvalue weighted by Crippen LogP contribution is -2.27. The van der Waals surface area contributed by atoms with Crippen molar-refractivity contribution in [3.8, 4) is 11.3 Å². The molecule has 0 radical (unpaired) electrons. The van der Waals surface area contributed by atoms with Crippen molar-refractivity contribution in [2.45, 2.75) is 38.7 Å². The summed E-state index contributed by atoms with van der Waals surface area (Å²) in [5, 5.41) is 0. The van der Waals surface area contributed by atoms with E-state index in [0.29, 0.717) is 12.1 Å². The third-order valence-corrected chi connectivity index (χ3v) is 3.74. The molecule has 0 aliphatic carbocycles. The molecule has 0 unspecified atom stereocenters. The van der Waals surface area contributed by atoms with Gasteiger partial charge in [-0.1, -0.05) is 6.07 Å². The highest BCUT2D eigenvalue weighted by Crippen LogP contribution is 2.41. The summed E-state index contributed by atoms with van der Waals surface area (Å²) in [5.74, 6) is 0. The van der Waals surface area contributed by atoms with Crippen LogP contribution in [0.15, 0.2) is 34.9 Å². The van der Waals surface area contributed by atoms with Gasteiger partial charge in [-0.15, -0.1) is 0 Å². The molecule has 0 bridgehead atoms. The van der Waals surface area contributed by atoms with Crippen molar-refractivity contribution >= 4 is 22.0 Å². The van der Waals surface area contributed by atoms with Crippen molar-refractivity contribution in [3.63, 3.8) is 0 Å². The Morgan fingerprint density at radius 1 is 1.00 bits per heavy atom. The van der Waals surface area contributed by atoms with Gasteiger partial charge in [-0.3, -0.25) is 4.57 Å². The summed E-state index contributed by atoms with van der Waals surface area (Å²) in [7, 11) is 0. The van der Waals surface area contributed by atoms with E-state index in [9.17, 15) is 31.1 Å². The van der Waals surface area contributed by atoms with E-state index >= 15 is 0 Å². The van der Waals surface area contributed by atoms with E-state index in [1.54, 1.807) is 20.8 Å². The first-order valence-electron chi connectivity index (χ1n) is 7.49. The van der Waals surface area contributed by atoms with Gasteiger partial charge in [0.1, 0.15) is 5.60 Å². The van der Waals surface area contributed by atoms with Crippen molar-refractivity contribution in [3.05, 3.63) is 46.1 Å². The second-order valence-corrected chi connectivity index (χ2v) is 7.57. The van der Waals surface area contributed by atoms with Crippen molar-refractivity contribution in [2.75, 3.05) is 0 Å². The van der Waals surface area contributed by atoms with E-state index in [4.69, 9.17) is 4.74 Å². The largest absolute Gasteiger partial charge is 0.443 e. The van der Waals surface area contributed by atoms with Crippen LogP contribution >= 0.6 is 15.9 Å². The molecule has 2 rings (SSSR count). The second kappa shape index (κ2) is 6.88. The molecule has 10 heteroatoms. The predicted octanol–water partition coefficient (Wildman–Crippen LogP) is 6.74. The molecule has 148 valence electrons. The number of aromatic nitrogens is 1. The number of ether oxygens (including phenoxy) is 1. The van der Waals surface area contributed by atoms with Crippen LogP contribution in [0.2, 0.25) is 0 Å². The lowest BCUT2D eigenvalue weighted by molar-refractivity contribution is -0.142. The predicted molar refractivity (Wildman–Crippen MR) is 89.2 cm³/mol. The van der Waals surface area contributed by atoms with E-state index in [0.717, 1.165) is 4.57 Å². The molecule has 0 aliphatic rings. The average molecular weight is 458 g/mol. The van der Waals surface area contributed by atoms with Gasteiger partial charge in [-0.05, 0) is 54.9 Å². The van der Waals surface area contributed by atoms with Gasteiger partial charge in [0, 0.05) is 16.2 Å². The molecule has 3 nitrogen and oxygen atoms in total. The van der Waals surface area contributed by atoms with Gasteiger partial charge >= 0.3 is 18.4 Å². The molecule has 0 atom stereocenters. The molecule has 0 saturated carbocycles. The summed E-state index contributed by atoms with van der Waals surface area (Å²) >= 11 is 3.06. The Morgan fingerprint density at radius 3 is 2.07 bits per heavy atom. The number of hydrogen-bond donors (Lipinski definition) is 0. The van der Waals surface area contributed by atoms with Crippen molar-refractivity contribution < 1.29 is 35.9 Å². The fourth-order valence-corrected chi connectivity index (χ4v) is 2.70. The van der Waals surface area contributed by atoms with Crippen molar-refractivity contribution in [1.82, 2.24) is 4.57 Å². The minimum absolute atomic E-state index is 0.0235. The topological polar surface area (TPSA) is 31.2 Å². The van der Waals surface area contributed by atoms with Crippen LogP contribution in [0.25, 0.3) is 11.3 Å². The molecule has 0 N–H and O–H groups in total. The summed E-state index contributed by atoms with van der Waals surface area (Å²) in [4.78, 5) is 12.3. The summed E-state index contributed by atoms with van der Waals surface area (Å²) in [5.41, 5.74) is -4.69. The Morgan fingerprint density at radius 2 is 1.59 bits per heavy atom. The smallest absolute Gasteiger partial charge is 0.419 e. The van der Waals surface area contributed by atoms with Gasteiger partial charge in [0.25, 0.3) is 0 Å². The molecular weight excluding hydrogens is 444 g/mol. The van der Waals surface area contributed by atoms with Crippen LogP contribution < -0.4 is 0 Å². The van der Waals surface area contributed by atoms with Crippen LogP contribution in [-0.2, 0) is 17.1 Å². The number of carbonyl (C=O) groups is 1. The Kier molecular flexibility index (Phi) is 5.44. The number of rotatable bonds is 1. The standard InChI is InChI=1S/C17H14BrF6NO2/c1-15(2,3)27-14(26)25-8-10(18)7-13(25)11-5-4-9(16(19,20)21)6-12(11)17(22,23)24/h4-8H,1-3H3. The lowest BCUT2D eigenvalue weighted by Gasteiger charge is -2.21. The van der Waals surface area contributed by atoms with Crippen LogP contribution in [0.3, 0.4) is 0 Å². The van der Waals surface area contributed by atoms with Crippen LogP contribution in [0.1, 0.15) is 31.9 Å². The van der Waals surface area contributed by atoms with Gasteiger partial charge in [0.15, 0.2) is 0 Å². The minimum Gasteiger partial charge on any atom is -0.443 e. The lowest BCUT2D eigenvalue weighted by atomic mass is 10.0. The Labute approximate surface area is 159 Å². The molecule has 0 amide bonds. The highest BCUT2D eigenvalue weighted by atomic mass is 79.9. The number of benzene rings is 1. The Balaban J connectivity index is 2.67. The van der Waals surface area contributed by atoms with E-state index in [1.807, 2.05) is 0 Å². The molecule has 1 aromatic heterocycles. The first-order valence-corrected chi connectivity index (χ1v) is 8.29. The molecule has 2 aromatic rings. The molecule has 0 aliphatic heterocycles. The number of carbonyl (C=O) groups excluding carboxylic acids is 1. The number of alkyl halides is 6. The van der Waals surface area contributed by atoms with Gasteiger partial charge < -0.3 is 4.74 Å². The van der Waals surface area contributed by atoms with E-state index < -0.39 is 40.7 Å². The SMILES string of the molecule is CC(C)(C)OC(=O)n1cc(Br)cc1-c1ccc(C(F)(F)F)cc1C(F)(F)F. The van der Waals surface area contributed by atoms with Crippen LogP contribution in [0.5, 0.6) is 0 Å². The summed E-state index contributed by atoms with van der Waals surface area (Å²) in [6.07, 6.45) is -9.78. The number of halogens is 7. The Bertz CT molecular complexity index is 862. The highest BCUT2D eigenvalue weighted by molar-refractivity contribution is 9.10. The van der Waals surface area contributed by atoms with Crippen LogP contribution in [0, 0.1) is 0 Å². The summed E-state index contributed by atoms with van der Waals surface area (Å²) < 4.78 is 84.9. The van der Waals surface area contributed by atoms with E-state index in [2.05, 4.69) is 15.9 Å². The third-order valence-electron chi connectivity index (χ3n) is 3.31. The molecule has 0 saturated heterocycles. The maximum Gasteiger partial charge on any atom is 0.419 e. The normalized spacial score (nSPS) is 13.0. The van der Waals surface area contributed by atoms with E-state index in [-0.39, 0.29) is 16.2 Å². The van der Waals surface area contributed by atoms with Gasteiger partial charge in [-0.25, -0.2) is 4.79 Å². The van der Waals surface area contributed by atoms with Crippen LogP contribution in [-0.4, -0.2) is 16.3 Å². The molecule has 27 heavy (non-hydrogen) atoms. The highest BCUT2D eigenvalue weighted by Gasteiger charge is 2.39. The number of hydrogen-bond acceptors (Lipinski definition) is 2. The minimum atomic E-state index is -5.06. The molecule has 1 heterocycles. The van der Waals surface area contributed by atoms with Gasteiger partial charge in [-0.2, -0.15) is 26.3 Å². The quantitative estimate of drug-likeness (QED) is 0.444. The van der Waals surface area contributed by atoms with Gasteiger partial charge in [0.05, 0.1) is 16.8 Å². The molecule has 1 aromatic carbocycles. The zero-order valence-electron chi connectivity index (χ0n) is 14.3. The Hall–Kier alpha value is -1.97. The van der Waals surface area contributed by atoms with Crippen LogP contribution in [0.4, 0.5) is 31.1 Å². The first-order chi connectivity index (χ1) is 12.1. The van der Waals surface area contributed by atoms with Crippen molar-refractivity contribution in [2.24, 2.45) is 0 Å². The maximum absolute atomic E-state index is 13.4. The molecule has 0 fully saturated rings. The summed E-state index contributed by atoms with van der Waals surface area (Å²) in [6, 6.07) is 2.44. The zero-order valence-corrected chi connectivity index (χ0v) is 15.9. The first kappa shape index (κ1) is 21.3. The third kappa shape index (κ3) is 5.06. The average Bonchev–Trinajstić information content (AvgIpc) is 2.85. The van der Waals surface area contributed by atoms with Crippen molar-refractivity contribution in [1.29, 1.82) is 0 Å². The zero-order chi connectivity index (χ0) is 20.8. The molecular formula is C17H14BrF6NO2. The second-order valence-electron chi connectivity index (χ2n) is 6.65. The summed E-state index contributed by atoms with van der Waals surface area (Å²) in [6.45, 7) is 4.72. The number of nitrogens with zero attached hydrogens (tertiary/aromatic N) is 1. The monoisotopic (exact) mass is 457 g/mol. The fourth-order valence-electron chi connectivity index (χ4n) is 2.28. The fraction of sp³-hybridized carbons (Fsp3) is 0.353. The molecule has 0 spiro atoms. The van der Waals surface area contributed by atoms with E-state index in [1.165, 1.54) is 12.3 Å².